The van der Waals surface area contributed by atoms with Crippen molar-refractivity contribution in [3.8, 4) is 5.75 Å². The third-order valence-corrected chi connectivity index (χ3v) is 5.66. The number of methoxy groups -OCH3 is 1. The fraction of sp³-hybridized carbons (Fsp3) is 0.263. The van der Waals surface area contributed by atoms with Crippen molar-refractivity contribution in [3.63, 3.8) is 0 Å². The minimum absolute atomic E-state index is 0.0395. The average molecular weight is 391 g/mol. The first kappa shape index (κ1) is 17.2. The first-order valence-corrected chi connectivity index (χ1v) is 8.99. The van der Waals surface area contributed by atoms with Crippen LogP contribution in [0.15, 0.2) is 42.5 Å². The first-order chi connectivity index (χ1) is 12.5. The van der Waals surface area contributed by atoms with Crippen molar-refractivity contribution in [2.75, 3.05) is 12.4 Å². The van der Waals surface area contributed by atoms with Crippen molar-refractivity contribution in [2.24, 2.45) is 5.92 Å². The monoisotopic (exact) mass is 390 g/mol. The molecule has 0 saturated carbocycles. The number of rotatable bonds is 3. The Morgan fingerprint density at radius 3 is 2.81 bits per heavy atom. The molecule has 4 rings (SSSR count). The lowest BCUT2D eigenvalue weighted by atomic mass is 9.77. The zero-order valence-corrected chi connectivity index (χ0v) is 15.4. The zero-order valence-electron chi connectivity index (χ0n) is 13.9. The summed E-state index contributed by atoms with van der Waals surface area (Å²) in [6, 6.07) is 8.66. The van der Waals surface area contributed by atoms with Crippen LogP contribution in [0, 0.1) is 16.0 Å². The fourth-order valence-corrected chi connectivity index (χ4v) is 4.56. The van der Waals surface area contributed by atoms with E-state index < -0.39 is 4.92 Å². The predicted molar refractivity (Wildman–Crippen MR) is 102 cm³/mol. The number of hydrogen-bond acceptors (Lipinski definition) is 4. The largest absolute Gasteiger partial charge is 0.490 e. The van der Waals surface area contributed by atoms with E-state index in [2.05, 4.69) is 17.5 Å². The quantitative estimate of drug-likeness (QED) is 0.412. The summed E-state index contributed by atoms with van der Waals surface area (Å²) >= 11 is 12.6. The van der Waals surface area contributed by atoms with Crippen LogP contribution in [0.5, 0.6) is 5.75 Å². The number of anilines is 1. The lowest BCUT2D eigenvalue weighted by Crippen LogP contribution is -2.29. The molecule has 0 saturated heterocycles. The number of allylic oxidation sites excluding steroid dienone is 2. The van der Waals surface area contributed by atoms with E-state index in [9.17, 15) is 10.1 Å². The van der Waals surface area contributed by atoms with Gasteiger partial charge in [-0.15, -0.1) is 0 Å². The van der Waals surface area contributed by atoms with Gasteiger partial charge in [0.1, 0.15) is 0 Å². The van der Waals surface area contributed by atoms with Gasteiger partial charge in [-0.1, -0.05) is 41.4 Å². The summed E-state index contributed by atoms with van der Waals surface area (Å²) in [4.78, 5) is 11.0. The molecule has 1 N–H and O–H groups in total. The molecular formula is C19H16Cl2N2O3. The molecule has 7 heteroatoms. The maximum Gasteiger partial charge on any atom is 0.311 e. The highest BCUT2D eigenvalue weighted by atomic mass is 35.5. The van der Waals surface area contributed by atoms with Gasteiger partial charge in [0, 0.05) is 17.0 Å². The molecule has 3 atom stereocenters. The molecule has 0 fully saturated rings. The van der Waals surface area contributed by atoms with Gasteiger partial charge in [0.05, 0.1) is 28.8 Å². The summed E-state index contributed by atoms with van der Waals surface area (Å²) in [5.41, 5.74) is 2.71. The SMILES string of the molecule is COc1ccc([C@@H]2Nc3c(Cl)cc(Cl)cc3[C@H]3C=CC[C@H]32)cc1[N+](=O)[O-]. The van der Waals surface area contributed by atoms with Crippen molar-refractivity contribution in [3.05, 3.63) is 73.8 Å². The highest BCUT2D eigenvalue weighted by Gasteiger charge is 2.39. The minimum atomic E-state index is -0.420. The van der Waals surface area contributed by atoms with Gasteiger partial charge in [0.2, 0.25) is 0 Å². The van der Waals surface area contributed by atoms with E-state index >= 15 is 0 Å². The molecule has 0 aromatic heterocycles. The number of hydrogen-bond donors (Lipinski definition) is 1. The maximum absolute atomic E-state index is 11.4. The number of benzene rings is 2. The Bertz CT molecular complexity index is 929. The van der Waals surface area contributed by atoms with E-state index in [0.717, 1.165) is 23.2 Å². The number of nitrogens with one attached hydrogen (secondary N) is 1. The van der Waals surface area contributed by atoms with Crippen molar-refractivity contribution in [1.29, 1.82) is 0 Å². The molecule has 2 aromatic rings. The van der Waals surface area contributed by atoms with Gasteiger partial charge >= 0.3 is 5.69 Å². The van der Waals surface area contributed by atoms with Gasteiger partial charge < -0.3 is 10.1 Å². The van der Waals surface area contributed by atoms with Crippen LogP contribution in [-0.4, -0.2) is 12.0 Å². The molecule has 2 aromatic carbocycles. The average Bonchev–Trinajstić information content (AvgIpc) is 3.10. The second-order valence-corrected chi connectivity index (χ2v) is 7.36. The Kier molecular flexibility index (Phi) is 4.29. The maximum atomic E-state index is 11.4. The van der Waals surface area contributed by atoms with Crippen LogP contribution < -0.4 is 10.1 Å². The summed E-state index contributed by atoms with van der Waals surface area (Å²) in [5, 5.41) is 16.0. The molecule has 1 aliphatic carbocycles. The van der Waals surface area contributed by atoms with Crippen molar-refractivity contribution >= 4 is 34.6 Å². The van der Waals surface area contributed by atoms with Crippen molar-refractivity contribution in [2.45, 2.75) is 18.4 Å². The molecular weight excluding hydrogens is 375 g/mol. The highest BCUT2D eigenvalue weighted by molar-refractivity contribution is 6.36. The van der Waals surface area contributed by atoms with Crippen LogP contribution in [0.1, 0.15) is 29.5 Å². The molecule has 2 aliphatic rings. The molecule has 134 valence electrons. The summed E-state index contributed by atoms with van der Waals surface area (Å²) in [5.74, 6) is 0.666. The first-order valence-electron chi connectivity index (χ1n) is 8.24. The molecule has 0 unspecified atom stereocenters. The summed E-state index contributed by atoms with van der Waals surface area (Å²) in [6.07, 6.45) is 5.19. The van der Waals surface area contributed by atoms with Crippen LogP contribution in [-0.2, 0) is 0 Å². The fourth-order valence-electron chi connectivity index (χ4n) is 3.99. The normalized spacial score (nSPS) is 23.1. The summed E-state index contributed by atoms with van der Waals surface area (Å²) in [7, 11) is 1.43. The molecule has 26 heavy (non-hydrogen) atoms. The lowest BCUT2D eigenvalue weighted by molar-refractivity contribution is -0.385. The Morgan fingerprint density at radius 1 is 1.27 bits per heavy atom. The van der Waals surface area contributed by atoms with Crippen molar-refractivity contribution < 1.29 is 9.66 Å². The van der Waals surface area contributed by atoms with E-state index in [4.69, 9.17) is 27.9 Å². The van der Waals surface area contributed by atoms with Crippen LogP contribution >= 0.6 is 23.2 Å². The second kappa shape index (κ2) is 6.49. The van der Waals surface area contributed by atoms with Gasteiger partial charge in [-0.25, -0.2) is 0 Å². The van der Waals surface area contributed by atoms with Crippen LogP contribution in [0.25, 0.3) is 0 Å². The summed E-state index contributed by atoms with van der Waals surface area (Å²) < 4.78 is 5.11. The van der Waals surface area contributed by atoms with E-state index in [1.807, 2.05) is 12.1 Å². The van der Waals surface area contributed by atoms with E-state index in [1.54, 1.807) is 18.2 Å². The topological polar surface area (TPSA) is 64.4 Å². The standard InChI is InChI=1S/C19H16Cl2N2O3/c1-26-17-6-5-10(7-16(17)23(24)25)18-13-4-2-3-12(13)14-8-11(20)9-15(21)19(14)22-18/h2-3,5-9,12-13,18,22H,4H2,1H3/t12-,13+,18-/m0/s1. The smallest absolute Gasteiger partial charge is 0.311 e. The molecule has 5 nitrogen and oxygen atoms in total. The molecule has 0 spiro atoms. The molecule has 0 amide bonds. The van der Waals surface area contributed by atoms with Crippen LogP contribution in [0.3, 0.4) is 0 Å². The molecule has 0 radical (unpaired) electrons. The number of nitro groups is 1. The second-order valence-electron chi connectivity index (χ2n) is 6.52. The summed E-state index contributed by atoms with van der Waals surface area (Å²) in [6.45, 7) is 0. The van der Waals surface area contributed by atoms with E-state index in [0.29, 0.717) is 10.0 Å². The van der Waals surface area contributed by atoms with Gasteiger partial charge in [-0.05, 0) is 41.7 Å². The van der Waals surface area contributed by atoms with E-state index in [1.165, 1.54) is 7.11 Å². The Hall–Kier alpha value is -2.24. The number of nitro benzene ring substituents is 1. The van der Waals surface area contributed by atoms with Gasteiger partial charge in [-0.2, -0.15) is 0 Å². The number of fused-ring (bicyclic) bond motifs is 3. The Labute approximate surface area is 160 Å². The van der Waals surface area contributed by atoms with Gasteiger partial charge in [0.15, 0.2) is 5.75 Å². The predicted octanol–water partition coefficient (Wildman–Crippen LogP) is 5.74. The zero-order chi connectivity index (χ0) is 18.4. The number of halogens is 2. The van der Waals surface area contributed by atoms with Crippen molar-refractivity contribution in [1.82, 2.24) is 0 Å². The van der Waals surface area contributed by atoms with Crippen LogP contribution in [0.4, 0.5) is 11.4 Å². The minimum Gasteiger partial charge on any atom is -0.490 e. The van der Waals surface area contributed by atoms with Crippen LogP contribution in [0.2, 0.25) is 10.0 Å². The third kappa shape index (κ3) is 2.72. The lowest BCUT2D eigenvalue weighted by Gasteiger charge is -2.38. The molecule has 1 heterocycles. The van der Waals surface area contributed by atoms with Gasteiger partial charge in [0.25, 0.3) is 0 Å². The Morgan fingerprint density at radius 2 is 2.08 bits per heavy atom. The number of ether oxygens (including phenoxy) is 1. The van der Waals surface area contributed by atoms with E-state index in [-0.39, 0.29) is 29.3 Å². The molecule has 0 bridgehead atoms. The number of nitrogens with zero attached hydrogens (tertiary/aromatic N) is 1. The molecule has 1 aliphatic heterocycles. The third-order valence-electron chi connectivity index (χ3n) is 5.14. The van der Waals surface area contributed by atoms with Gasteiger partial charge in [-0.3, -0.25) is 10.1 Å². The highest BCUT2D eigenvalue weighted by Crippen LogP contribution is 2.52. The Balaban J connectivity index is 1.81.